The van der Waals surface area contributed by atoms with Crippen LogP contribution in [0.15, 0.2) is 48.5 Å². The Morgan fingerprint density at radius 1 is 1.09 bits per heavy atom. The molecule has 0 radical (unpaired) electrons. The lowest BCUT2D eigenvalue weighted by molar-refractivity contribution is 0.0968. The van der Waals surface area contributed by atoms with E-state index in [0.717, 1.165) is 54.5 Å². The number of halogens is 1. The van der Waals surface area contributed by atoms with Crippen LogP contribution in [0.5, 0.6) is 5.75 Å². The highest BCUT2D eigenvalue weighted by molar-refractivity contribution is 6.31. The largest absolute Gasteiger partial charge is 0.490 e. The normalized spacial score (nSPS) is 16.6. The van der Waals surface area contributed by atoms with E-state index in [9.17, 15) is 0 Å². The molecule has 0 amide bonds. The fourth-order valence-corrected chi connectivity index (χ4v) is 3.01. The van der Waals surface area contributed by atoms with Gasteiger partial charge in [0.25, 0.3) is 0 Å². The Balaban J connectivity index is 1.52. The van der Waals surface area contributed by atoms with E-state index in [0.29, 0.717) is 6.10 Å². The van der Waals surface area contributed by atoms with Crippen LogP contribution in [0.1, 0.15) is 18.4 Å². The van der Waals surface area contributed by atoms with Crippen LogP contribution in [0.25, 0.3) is 0 Å². The predicted octanol–water partition coefficient (Wildman–Crippen LogP) is 3.97. The maximum absolute atomic E-state index is 6.24. The lowest BCUT2D eigenvalue weighted by atomic mass is 10.1. The van der Waals surface area contributed by atoms with Crippen molar-refractivity contribution >= 4 is 17.3 Å². The number of anilines is 1. The quantitative estimate of drug-likeness (QED) is 0.868. The molecule has 1 heterocycles. The lowest BCUT2D eigenvalue weighted by Gasteiger charge is -2.32. The molecule has 4 heteroatoms. The summed E-state index contributed by atoms with van der Waals surface area (Å²) in [7, 11) is 0. The van der Waals surface area contributed by atoms with E-state index < -0.39 is 0 Å². The second-order valence-electron chi connectivity index (χ2n) is 5.76. The number of nitrogens with two attached hydrogens (primary N) is 1. The van der Waals surface area contributed by atoms with Gasteiger partial charge in [-0.2, -0.15) is 0 Å². The summed E-state index contributed by atoms with van der Waals surface area (Å²) in [6.07, 6.45) is 2.37. The number of para-hydroxylation sites is 1. The Morgan fingerprint density at radius 3 is 2.55 bits per heavy atom. The fraction of sp³-hybridized carbons (Fsp3) is 0.333. The Hall–Kier alpha value is -1.71. The van der Waals surface area contributed by atoms with Crippen molar-refractivity contribution in [2.24, 2.45) is 0 Å². The number of rotatable bonds is 4. The minimum absolute atomic E-state index is 0.301. The van der Waals surface area contributed by atoms with Crippen molar-refractivity contribution in [1.82, 2.24) is 4.90 Å². The number of benzene rings is 2. The summed E-state index contributed by atoms with van der Waals surface area (Å²) in [5.41, 5.74) is 7.71. The van der Waals surface area contributed by atoms with Gasteiger partial charge in [-0.3, -0.25) is 4.90 Å². The smallest absolute Gasteiger partial charge is 0.119 e. The number of nitrogen functional groups attached to an aromatic ring is 1. The third kappa shape index (κ3) is 3.93. The van der Waals surface area contributed by atoms with Gasteiger partial charge in [0.05, 0.1) is 0 Å². The number of hydrogen-bond acceptors (Lipinski definition) is 3. The molecule has 0 aromatic heterocycles. The molecule has 1 fully saturated rings. The Bertz CT molecular complexity index is 610. The van der Waals surface area contributed by atoms with Crippen LogP contribution in [-0.2, 0) is 6.54 Å². The van der Waals surface area contributed by atoms with Crippen LogP contribution in [0.4, 0.5) is 5.69 Å². The van der Waals surface area contributed by atoms with Gasteiger partial charge in [0.2, 0.25) is 0 Å². The number of nitrogens with zero attached hydrogens (tertiary/aromatic N) is 1. The summed E-state index contributed by atoms with van der Waals surface area (Å²) in [5, 5.41) is 0.789. The highest BCUT2D eigenvalue weighted by Crippen LogP contribution is 2.24. The van der Waals surface area contributed by atoms with Gasteiger partial charge < -0.3 is 10.5 Å². The molecule has 3 nitrogen and oxygen atoms in total. The van der Waals surface area contributed by atoms with E-state index >= 15 is 0 Å². The molecule has 1 aliphatic rings. The first-order chi connectivity index (χ1) is 10.7. The molecule has 3 rings (SSSR count). The molecule has 1 aliphatic heterocycles. The molecule has 0 spiro atoms. The van der Waals surface area contributed by atoms with Crippen LogP contribution in [0.2, 0.25) is 5.02 Å². The molecule has 22 heavy (non-hydrogen) atoms. The van der Waals surface area contributed by atoms with E-state index in [1.54, 1.807) is 0 Å². The Morgan fingerprint density at radius 2 is 1.82 bits per heavy atom. The van der Waals surface area contributed by atoms with Gasteiger partial charge in [-0.1, -0.05) is 29.8 Å². The second kappa shape index (κ2) is 7.03. The first-order valence-electron chi connectivity index (χ1n) is 7.68. The van der Waals surface area contributed by atoms with Crippen molar-refractivity contribution < 1.29 is 4.74 Å². The zero-order valence-corrected chi connectivity index (χ0v) is 13.3. The number of piperidine rings is 1. The zero-order valence-electron chi connectivity index (χ0n) is 12.5. The highest BCUT2D eigenvalue weighted by Gasteiger charge is 2.21. The summed E-state index contributed by atoms with van der Waals surface area (Å²) >= 11 is 6.24. The van der Waals surface area contributed by atoms with Crippen molar-refractivity contribution in [2.75, 3.05) is 18.8 Å². The van der Waals surface area contributed by atoms with E-state index in [2.05, 4.69) is 4.90 Å². The molecule has 0 unspecified atom stereocenters. The van der Waals surface area contributed by atoms with Gasteiger partial charge in [0, 0.05) is 30.3 Å². The highest BCUT2D eigenvalue weighted by atomic mass is 35.5. The minimum atomic E-state index is 0.301. The van der Waals surface area contributed by atoms with Crippen LogP contribution >= 0.6 is 11.6 Å². The van der Waals surface area contributed by atoms with Crippen LogP contribution in [-0.4, -0.2) is 24.1 Å². The van der Waals surface area contributed by atoms with Gasteiger partial charge in [-0.05, 0) is 48.7 Å². The molecule has 2 N–H and O–H groups in total. The van der Waals surface area contributed by atoms with Gasteiger partial charge >= 0.3 is 0 Å². The summed E-state index contributed by atoms with van der Waals surface area (Å²) in [6, 6.07) is 15.7. The van der Waals surface area contributed by atoms with Crippen LogP contribution < -0.4 is 10.5 Å². The number of ether oxygens (including phenoxy) is 1. The van der Waals surface area contributed by atoms with Gasteiger partial charge in [-0.15, -0.1) is 0 Å². The molecule has 116 valence electrons. The first-order valence-corrected chi connectivity index (χ1v) is 8.06. The SMILES string of the molecule is Nc1ccc(Cl)c(CN2CCC(Oc3ccccc3)CC2)c1. The lowest BCUT2D eigenvalue weighted by Crippen LogP contribution is -2.37. The maximum Gasteiger partial charge on any atom is 0.119 e. The average molecular weight is 317 g/mol. The molecule has 0 saturated carbocycles. The molecule has 2 aromatic rings. The van der Waals surface area contributed by atoms with Crippen LogP contribution in [0, 0.1) is 0 Å². The minimum Gasteiger partial charge on any atom is -0.490 e. The standard InChI is InChI=1S/C18H21ClN2O/c19-18-7-6-15(20)12-14(18)13-21-10-8-17(9-11-21)22-16-4-2-1-3-5-16/h1-7,12,17H,8-11,13,20H2. The van der Waals surface area contributed by atoms with Crippen molar-refractivity contribution in [3.05, 3.63) is 59.1 Å². The van der Waals surface area contributed by atoms with Gasteiger partial charge in [0.1, 0.15) is 11.9 Å². The zero-order chi connectivity index (χ0) is 15.4. The summed E-state index contributed by atoms with van der Waals surface area (Å²) in [5.74, 6) is 0.958. The van der Waals surface area contributed by atoms with Crippen molar-refractivity contribution in [3.8, 4) is 5.75 Å². The predicted molar refractivity (Wildman–Crippen MR) is 91.2 cm³/mol. The molecule has 0 bridgehead atoms. The van der Waals surface area contributed by atoms with Crippen molar-refractivity contribution in [1.29, 1.82) is 0 Å². The molecule has 2 aromatic carbocycles. The summed E-state index contributed by atoms with van der Waals surface area (Å²) in [6.45, 7) is 2.88. The summed E-state index contributed by atoms with van der Waals surface area (Å²) < 4.78 is 6.02. The van der Waals surface area contributed by atoms with Crippen molar-refractivity contribution in [3.63, 3.8) is 0 Å². The van der Waals surface area contributed by atoms with E-state index in [4.69, 9.17) is 22.1 Å². The van der Waals surface area contributed by atoms with Gasteiger partial charge in [0.15, 0.2) is 0 Å². The third-order valence-electron chi connectivity index (χ3n) is 4.04. The summed E-state index contributed by atoms with van der Waals surface area (Å²) in [4.78, 5) is 2.41. The van der Waals surface area contributed by atoms with E-state index in [-0.39, 0.29) is 0 Å². The van der Waals surface area contributed by atoms with Crippen LogP contribution in [0.3, 0.4) is 0 Å². The Labute approximate surface area is 136 Å². The Kier molecular flexibility index (Phi) is 4.86. The molecule has 1 saturated heterocycles. The van der Waals surface area contributed by atoms with Gasteiger partial charge in [-0.25, -0.2) is 0 Å². The number of likely N-dealkylation sites (tertiary alicyclic amines) is 1. The number of hydrogen-bond donors (Lipinski definition) is 1. The first kappa shape index (κ1) is 15.2. The molecule has 0 atom stereocenters. The second-order valence-corrected chi connectivity index (χ2v) is 6.16. The van der Waals surface area contributed by atoms with Crippen molar-refractivity contribution in [2.45, 2.75) is 25.5 Å². The third-order valence-corrected chi connectivity index (χ3v) is 4.41. The molecular formula is C18H21ClN2O. The maximum atomic E-state index is 6.24. The van der Waals surface area contributed by atoms with E-state index in [1.165, 1.54) is 0 Å². The average Bonchev–Trinajstić information content (AvgIpc) is 2.54. The monoisotopic (exact) mass is 316 g/mol. The fourth-order valence-electron chi connectivity index (χ4n) is 2.83. The van der Waals surface area contributed by atoms with E-state index in [1.807, 2.05) is 48.5 Å². The topological polar surface area (TPSA) is 38.5 Å². The molecule has 0 aliphatic carbocycles. The molecular weight excluding hydrogens is 296 g/mol.